The number of rotatable bonds is 2. The Kier molecular flexibility index (Phi) is 7.65. The summed E-state index contributed by atoms with van der Waals surface area (Å²) in [6, 6.07) is 13.3. The van der Waals surface area contributed by atoms with Gasteiger partial charge >= 0.3 is 12.4 Å². The van der Waals surface area contributed by atoms with Crippen LogP contribution in [0.25, 0.3) is 33.7 Å². The smallest absolute Gasteiger partial charge is 0.417 e. The summed E-state index contributed by atoms with van der Waals surface area (Å²) < 4.78 is 93.6. The Bertz CT molecular complexity index is 2150. The molecule has 0 saturated heterocycles. The zero-order valence-corrected chi connectivity index (χ0v) is 21.1. The molecule has 0 aliphatic carbocycles. The summed E-state index contributed by atoms with van der Waals surface area (Å²) in [5, 5.41) is 55.6. The van der Waals surface area contributed by atoms with E-state index < -0.39 is 90.2 Å². The molecule has 0 N–H and O–H groups in total. The van der Waals surface area contributed by atoms with Gasteiger partial charge in [0.05, 0.1) is 34.4 Å². The normalized spacial score (nSPS) is 11.6. The van der Waals surface area contributed by atoms with Crippen LogP contribution in [0.4, 0.5) is 26.3 Å². The van der Waals surface area contributed by atoms with E-state index in [1.54, 1.807) is 0 Å². The fourth-order valence-electron chi connectivity index (χ4n) is 3.84. The number of hydrogen-bond donors (Lipinski definition) is 0. The lowest BCUT2D eigenvalue weighted by atomic mass is 10.0. The highest BCUT2D eigenvalue weighted by atomic mass is 19.4. The minimum atomic E-state index is -5.03. The van der Waals surface area contributed by atoms with Crippen molar-refractivity contribution in [3.8, 4) is 58.9 Å². The maximum absolute atomic E-state index is 13.8. The van der Waals surface area contributed by atoms with E-state index in [1.165, 1.54) is 36.4 Å². The Morgan fingerprint density at radius 2 is 0.909 bits per heavy atom. The summed E-state index contributed by atoms with van der Waals surface area (Å²) >= 11 is 0. The number of nitrogens with zero attached hydrogens (tertiary/aromatic N) is 8. The van der Waals surface area contributed by atoms with E-state index in [0.717, 1.165) is 24.3 Å². The molecular weight excluding hydrogens is 594 g/mol. The van der Waals surface area contributed by atoms with Crippen molar-refractivity contribution in [2.75, 3.05) is 0 Å². The Hall–Kier alpha value is -6.88. The van der Waals surface area contributed by atoms with E-state index in [-0.39, 0.29) is 0 Å². The summed E-state index contributed by atoms with van der Waals surface area (Å²) in [5.41, 5.74) is -10.5. The van der Waals surface area contributed by atoms with Gasteiger partial charge in [-0.05, 0) is 24.3 Å². The van der Waals surface area contributed by atoms with Gasteiger partial charge in [-0.3, -0.25) is 0 Å². The molecule has 16 heteroatoms. The minimum Gasteiger partial charge on any atom is -0.431 e. The quantitative estimate of drug-likeness (QED) is 0.296. The van der Waals surface area contributed by atoms with Gasteiger partial charge in [-0.2, -0.15) is 57.9 Å². The number of benzene rings is 2. The standard InChI is InChI=1S/C28H6F6N8O2/c29-27(30,31)19-5-13(1-3-15(19)7-35)21-23(43-25(41-21)17(9-37)10-38)24-22(42-26(44-24)18(11-39)12-40)14-2-4-16(8-36)20(6-14)28(32,33)34/h1-6H/b24-23+. The van der Waals surface area contributed by atoms with Gasteiger partial charge in [0, 0.05) is 11.1 Å². The van der Waals surface area contributed by atoms with Crippen LogP contribution in [0.2, 0.25) is 0 Å². The zero-order valence-electron chi connectivity index (χ0n) is 21.1. The fourth-order valence-corrected chi connectivity index (χ4v) is 3.84. The third-order valence-electron chi connectivity index (χ3n) is 5.77. The molecule has 4 aromatic rings. The third-order valence-corrected chi connectivity index (χ3v) is 5.77. The predicted octanol–water partition coefficient (Wildman–Crippen LogP) is 4.46. The van der Waals surface area contributed by atoms with Crippen LogP contribution in [-0.2, 0) is 12.4 Å². The van der Waals surface area contributed by atoms with Gasteiger partial charge in [0.25, 0.3) is 0 Å². The topological polar surface area (TPSA) is 195 Å². The lowest BCUT2D eigenvalue weighted by Crippen LogP contribution is -2.08. The third kappa shape index (κ3) is 5.39. The van der Waals surface area contributed by atoms with Crippen LogP contribution in [0.1, 0.15) is 22.3 Å². The Labute approximate surface area is 240 Å². The number of hydrogen-bond acceptors (Lipinski definition) is 10. The van der Waals surface area contributed by atoms with Crippen molar-refractivity contribution in [3.63, 3.8) is 0 Å². The molecule has 0 saturated carbocycles. The Morgan fingerprint density at radius 1 is 0.568 bits per heavy atom. The first kappa shape index (κ1) is 30.1. The van der Waals surface area contributed by atoms with Crippen molar-refractivity contribution in [1.82, 2.24) is 9.97 Å². The molecule has 10 nitrogen and oxygen atoms in total. The minimum absolute atomic E-state index is 0.402. The van der Waals surface area contributed by atoms with Crippen LogP contribution in [0.3, 0.4) is 0 Å². The highest BCUT2D eigenvalue weighted by molar-refractivity contribution is 5.73. The number of alkyl halides is 6. The largest absolute Gasteiger partial charge is 0.431 e. The van der Waals surface area contributed by atoms with Gasteiger partial charge < -0.3 is 8.83 Å². The average molecular weight is 600 g/mol. The second-order valence-electron chi connectivity index (χ2n) is 8.33. The van der Waals surface area contributed by atoms with Crippen LogP contribution in [-0.4, -0.2) is 9.97 Å². The zero-order chi connectivity index (χ0) is 32.4. The Morgan fingerprint density at radius 3 is 1.18 bits per heavy atom. The number of aromatic nitrogens is 2. The first-order valence-electron chi connectivity index (χ1n) is 11.4. The summed E-state index contributed by atoms with van der Waals surface area (Å²) in [5.74, 6) is 0. The maximum atomic E-state index is 13.8. The highest BCUT2D eigenvalue weighted by Crippen LogP contribution is 2.36. The van der Waals surface area contributed by atoms with Crippen LogP contribution in [0.5, 0.6) is 0 Å². The molecule has 2 aromatic carbocycles. The molecule has 0 radical (unpaired) electrons. The molecule has 212 valence electrons. The molecule has 0 atom stereocenters. The highest BCUT2D eigenvalue weighted by Gasteiger charge is 2.35. The first-order chi connectivity index (χ1) is 20.8. The average Bonchev–Trinajstić information content (AvgIpc) is 3.62. The van der Waals surface area contributed by atoms with E-state index in [2.05, 4.69) is 9.97 Å². The lowest BCUT2D eigenvalue weighted by Gasteiger charge is -2.10. The van der Waals surface area contributed by atoms with Crippen LogP contribution < -0.4 is 11.1 Å². The molecule has 0 spiro atoms. The molecular formula is C28H6F6N8O2. The SMILES string of the molecule is N#CC(C#N)=c1nc(-c2ccc(C#N)c(C(F)(F)F)c2)/c(=c2\oc(=C(C#N)C#N)nc2-c2ccc(C#N)c(C(F)(F)F)c2)o1. The summed E-state index contributed by atoms with van der Waals surface area (Å²) in [7, 11) is 0. The lowest BCUT2D eigenvalue weighted by molar-refractivity contribution is -0.138. The molecule has 0 unspecified atom stereocenters. The molecule has 0 fully saturated rings. The van der Waals surface area contributed by atoms with E-state index >= 15 is 0 Å². The van der Waals surface area contributed by atoms with Gasteiger partial charge in [-0.25, -0.2) is 9.97 Å². The predicted molar refractivity (Wildman–Crippen MR) is 130 cm³/mol. The first-order valence-corrected chi connectivity index (χ1v) is 11.4. The van der Waals surface area contributed by atoms with Crippen molar-refractivity contribution in [2.45, 2.75) is 12.4 Å². The van der Waals surface area contributed by atoms with Gasteiger partial charge in [-0.1, -0.05) is 12.1 Å². The second kappa shape index (κ2) is 11.2. The number of oxazole rings is 2. The van der Waals surface area contributed by atoms with Crippen molar-refractivity contribution in [1.29, 1.82) is 31.6 Å². The number of halogens is 6. The van der Waals surface area contributed by atoms with Crippen molar-refractivity contribution in [3.05, 3.63) is 80.6 Å². The van der Waals surface area contributed by atoms with E-state index in [4.69, 9.17) is 19.4 Å². The van der Waals surface area contributed by atoms with Gasteiger partial charge in [-0.15, -0.1) is 0 Å². The molecule has 0 aliphatic heterocycles. The number of nitriles is 6. The summed E-state index contributed by atoms with van der Waals surface area (Å²) in [6.07, 6.45) is -10.1. The molecule has 2 aromatic heterocycles. The van der Waals surface area contributed by atoms with Crippen LogP contribution in [0, 0.1) is 78.8 Å². The van der Waals surface area contributed by atoms with Crippen molar-refractivity contribution >= 4 is 11.1 Å². The van der Waals surface area contributed by atoms with E-state index in [9.17, 15) is 47.4 Å². The van der Waals surface area contributed by atoms with E-state index in [0.29, 0.717) is 12.1 Å². The van der Waals surface area contributed by atoms with Crippen LogP contribution in [0.15, 0.2) is 45.2 Å². The summed E-state index contributed by atoms with van der Waals surface area (Å²) in [6.45, 7) is 0. The summed E-state index contributed by atoms with van der Waals surface area (Å²) in [4.78, 5) is 7.89. The molecule has 0 aliphatic rings. The van der Waals surface area contributed by atoms with Crippen molar-refractivity contribution < 1.29 is 35.2 Å². The van der Waals surface area contributed by atoms with Gasteiger partial charge in [0.2, 0.25) is 21.9 Å². The molecule has 4 rings (SSSR count). The Balaban J connectivity index is 2.32. The van der Waals surface area contributed by atoms with Gasteiger partial charge in [0.15, 0.2) is 11.1 Å². The monoisotopic (exact) mass is 600 g/mol. The van der Waals surface area contributed by atoms with Crippen molar-refractivity contribution in [2.24, 2.45) is 0 Å². The maximum Gasteiger partial charge on any atom is 0.417 e. The molecule has 0 amide bonds. The van der Waals surface area contributed by atoms with E-state index in [1.807, 2.05) is 0 Å². The van der Waals surface area contributed by atoms with Crippen LogP contribution >= 0.6 is 0 Å². The fraction of sp³-hybridized carbons (Fsp3) is 0.0714. The second-order valence-corrected chi connectivity index (χ2v) is 8.33. The molecule has 2 heterocycles. The van der Waals surface area contributed by atoms with Gasteiger partial charge in [0.1, 0.15) is 35.7 Å². The molecule has 0 bridgehead atoms. The molecule has 44 heavy (non-hydrogen) atoms.